The molecule has 0 fully saturated rings. The summed E-state index contributed by atoms with van der Waals surface area (Å²) in [5.41, 5.74) is 7.66. The van der Waals surface area contributed by atoms with Crippen LogP contribution in [0, 0.1) is 0 Å². The van der Waals surface area contributed by atoms with Crippen molar-refractivity contribution in [3.05, 3.63) is 0 Å². The van der Waals surface area contributed by atoms with Crippen molar-refractivity contribution in [2.75, 3.05) is 0 Å². The van der Waals surface area contributed by atoms with E-state index in [1.54, 1.807) is 0 Å². The van der Waals surface area contributed by atoms with E-state index in [2.05, 4.69) is 17.3 Å². The van der Waals surface area contributed by atoms with Crippen molar-refractivity contribution in [2.45, 2.75) is 39.2 Å². The van der Waals surface area contributed by atoms with Crippen molar-refractivity contribution < 1.29 is 0 Å². The minimum absolute atomic E-state index is 0.269. The molecule has 0 spiro atoms. The van der Waals surface area contributed by atoms with E-state index in [0.717, 1.165) is 6.42 Å². The van der Waals surface area contributed by atoms with Crippen LogP contribution >= 0.6 is 0 Å². The molecule has 0 aliphatic rings. The van der Waals surface area contributed by atoms with Gasteiger partial charge >= 0.3 is 0 Å². The van der Waals surface area contributed by atoms with Gasteiger partial charge in [-0.3, -0.25) is 5.43 Å². The Morgan fingerprint density at radius 1 is 1.64 bits per heavy atom. The van der Waals surface area contributed by atoms with Gasteiger partial charge in [-0.15, -0.1) is 0 Å². The SMILES string of the molecule is CCCCC(C)N=C(N)NN. The molecule has 0 bridgehead atoms. The number of nitrogens with two attached hydrogens (primary N) is 2. The highest BCUT2D eigenvalue weighted by Gasteiger charge is 1.97. The topological polar surface area (TPSA) is 76.4 Å². The molecule has 11 heavy (non-hydrogen) atoms. The van der Waals surface area contributed by atoms with Crippen LogP contribution in [0.4, 0.5) is 0 Å². The molecule has 1 atom stereocenters. The van der Waals surface area contributed by atoms with E-state index in [0.29, 0.717) is 5.96 Å². The average Bonchev–Trinajstić information content (AvgIpc) is 2.00. The largest absolute Gasteiger partial charge is 0.369 e. The van der Waals surface area contributed by atoms with Crippen LogP contribution in [-0.4, -0.2) is 12.0 Å². The summed E-state index contributed by atoms with van der Waals surface area (Å²) in [4.78, 5) is 4.09. The summed E-state index contributed by atoms with van der Waals surface area (Å²) in [5.74, 6) is 5.36. The number of hydrogen-bond donors (Lipinski definition) is 3. The van der Waals surface area contributed by atoms with Crippen LogP contribution in [0.1, 0.15) is 33.1 Å². The molecule has 66 valence electrons. The molecular weight excluding hydrogens is 140 g/mol. The van der Waals surface area contributed by atoms with Crippen molar-refractivity contribution in [3.63, 3.8) is 0 Å². The molecule has 1 unspecified atom stereocenters. The third-order valence-corrected chi connectivity index (χ3v) is 1.48. The Kier molecular flexibility index (Phi) is 5.56. The van der Waals surface area contributed by atoms with Crippen LogP contribution < -0.4 is 17.0 Å². The zero-order valence-corrected chi connectivity index (χ0v) is 7.30. The second-order valence-electron chi connectivity index (χ2n) is 2.65. The number of rotatable bonds is 4. The lowest BCUT2D eigenvalue weighted by Gasteiger charge is -2.05. The first kappa shape index (κ1) is 10.2. The van der Waals surface area contributed by atoms with Gasteiger partial charge in [-0.25, -0.2) is 10.8 Å². The fourth-order valence-corrected chi connectivity index (χ4v) is 0.839. The quantitative estimate of drug-likeness (QED) is 0.239. The van der Waals surface area contributed by atoms with Gasteiger partial charge in [0, 0.05) is 0 Å². The molecule has 0 radical (unpaired) electrons. The Morgan fingerprint density at radius 3 is 2.73 bits per heavy atom. The molecule has 0 saturated carbocycles. The number of nitrogens with zero attached hydrogens (tertiary/aromatic N) is 1. The van der Waals surface area contributed by atoms with Gasteiger partial charge in [0.1, 0.15) is 0 Å². The summed E-state index contributed by atoms with van der Waals surface area (Å²) >= 11 is 0. The molecule has 0 aromatic carbocycles. The Bertz CT molecular complexity index is 122. The molecule has 4 nitrogen and oxygen atoms in total. The minimum Gasteiger partial charge on any atom is -0.369 e. The lowest BCUT2D eigenvalue weighted by molar-refractivity contribution is 0.614. The standard InChI is InChI=1S/C7H18N4/c1-3-4-5-6(2)10-7(8)11-9/h6H,3-5,9H2,1-2H3,(H3,8,10,11). The molecule has 0 saturated heterocycles. The predicted molar refractivity (Wildman–Crippen MR) is 47.9 cm³/mol. The highest BCUT2D eigenvalue weighted by Crippen LogP contribution is 2.02. The highest BCUT2D eigenvalue weighted by molar-refractivity contribution is 5.77. The predicted octanol–water partition coefficient (Wildman–Crippen LogP) is 0.343. The third kappa shape index (κ3) is 5.66. The normalized spacial score (nSPS) is 14.6. The van der Waals surface area contributed by atoms with Crippen molar-refractivity contribution in [1.82, 2.24) is 5.43 Å². The van der Waals surface area contributed by atoms with Gasteiger partial charge in [0.2, 0.25) is 5.96 Å². The summed E-state index contributed by atoms with van der Waals surface area (Å²) in [6.45, 7) is 4.18. The van der Waals surface area contributed by atoms with E-state index >= 15 is 0 Å². The van der Waals surface area contributed by atoms with E-state index in [1.165, 1.54) is 12.8 Å². The van der Waals surface area contributed by atoms with E-state index in [-0.39, 0.29) is 6.04 Å². The third-order valence-electron chi connectivity index (χ3n) is 1.48. The van der Waals surface area contributed by atoms with Crippen molar-refractivity contribution >= 4 is 5.96 Å². The molecule has 0 aromatic heterocycles. The average molecular weight is 158 g/mol. The molecule has 0 aromatic rings. The van der Waals surface area contributed by atoms with Crippen LogP contribution in [0.15, 0.2) is 4.99 Å². The lowest BCUT2D eigenvalue weighted by atomic mass is 10.1. The van der Waals surface area contributed by atoms with Gasteiger partial charge in [-0.05, 0) is 13.3 Å². The van der Waals surface area contributed by atoms with Crippen LogP contribution in [0.5, 0.6) is 0 Å². The Labute approximate surface area is 68.0 Å². The van der Waals surface area contributed by atoms with Gasteiger partial charge < -0.3 is 5.73 Å². The van der Waals surface area contributed by atoms with Crippen molar-refractivity contribution in [2.24, 2.45) is 16.6 Å². The van der Waals surface area contributed by atoms with Crippen molar-refractivity contribution in [1.29, 1.82) is 0 Å². The summed E-state index contributed by atoms with van der Waals surface area (Å²) < 4.78 is 0. The molecule has 0 rings (SSSR count). The fourth-order valence-electron chi connectivity index (χ4n) is 0.839. The van der Waals surface area contributed by atoms with E-state index in [1.807, 2.05) is 6.92 Å². The Balaban J connectivity index is 3.57. The fraction of sp³-hybridized carbons (Fsp3) is 0.857. The maximum Gasteiger partial charge on any atom is 0.203 e. The number of guanidine groups is 1. The first-order chi connectivity index (χ1) is 5.20. The van der Waals surface area contributed by atoms with E-state index in [9.17, 15) is 0 Å². The number of unbranched alkanes of at least 4 members (excludes halogenated alkanes) is 1. The maximum atomic E-state index is 5.36. The summed E-state index contributed by atoms with van der Waals surface area (Å²) in [7, 11) is 0. The zero-order valence-electron chi connectivity index (χ0n) is 7.30. The second-order valence-corrected chi connectivity index (χ2v) is 2.65. The summed E-state index contributed by atoms with van der Waals surface area (Å²) in [6, 6.07) is 0.269. The van der Waals surface area contributed by atoms with Crippen molar-refractivity contribution in [3.8, 4) is 0 Å². The Morgan fingerprint density at radius 2 is 2.27 bits per heavy atom. The Hall–Kier alpha value is -0.770. The molecule has 4 heteroatoms. The number of hydrogen-bond acceptors (Lipinski definition) is 2. The van der Waals surface area contributed by atoms with Gasteiger partial charge in [0.15, 0.2) is 0 Å². The monoisotopic (exact) mass is 158 g/mol. The van der Waals surface area contributed by atoms with Gasteiger partial charge in [-0.2, -0.15) is 0 Å². The highest BCUT2D eigenvalue weighted by atomic mass is 15.3. The molecule has 0 amide bonds. The maximum absolute atomic E-state index is 5.36. The number of hydrazine groups is 1. The first-order valence-corrected chi connectivity index (χ1v) is 4.00. The first-order valence-electron chi connectivity index (χ1n) is 4.00. The van der Waals surface area contributed by atoms with Crippen LogP contribution in [0.3, 0.4) is 0 Å². The molecular formula is C7H18N4. The molecule has 5 N–H and O–H groups in total. The minimum atomic E-state index is 0.269. The van der Waals surface area contributed by atoms with Gasteiger partial charge in [-0.1, -0.05) is 19.8 Å². The van der Waals surface area contributed by atoms with Gasteiger partial charge in [0.25, 0.3) is 0 Å². The zero-order chi connectivity index (χ0) is 8.69. The molecule has 0 aliphatic heterocycles. The van der Waals surface area contributed by atoms with Crippen LogP contribution in [0.2, 0.25) is 0 Å². The van der Waals surface area contributed by atoms with E-state index < -0.39 is 0 Å². The number of nitrogens with one attached hydrogen (secondary N) is 1. The second kappa shape index (κ2) is 5.97. The molecule has 0 heterocycles. The summed E-state index contributed by atoms with van der Waals surface area (Å²) in [5, 5.41) is 0. The lowest BCUT2D eigenvalue weighted by Crippen LogP contribution is -2.37. The smallest absolute Gasteiger partial charge is 0.203 e. The number of aliphatic imine (C=N–C) groups is 1. The van der Waals surface area contributed by atoms with E-state index in [4.69, 9.17) is 11.6 Å². The molecule has 0 aliphatic carbocycles. The summed E-state index contributed by atoms with van der Waals surface area (Å²) in [6.07, 6.45) is 3.44. The van der Waals surface area contributed by atoms with Crippen LogP contribution in [-0.2, 0) is 0 Å². The van der Waals surface area contributed by atoms with Crippen LogP contribution in [0.25, 0.3) is 0 Å². The van der Waals surface area contributed by atoms with Gasteiger partial charge in [0.05, 0.1) is 6.04 Å².